The maximum atomic E-state index is 13.2. The number of nitrogens with one attached hydrogen (secondary N) is 1. The highest BCUT2D eigenvalue weighted by atomic mass is 32.2. The SMILES string of the molecule is CC(C)CCSc1ccc(CNC(C)C)cc1C(F)(F)F. The van der Waals surface area contributed by atoms with Crippen LogP contribution in [0.3, 0.4) is 0 Å². The Bertz CT molecular complexity index is 442. The van der Waals surface area contributed by atoms with Gasteiger partial charge in [0.25, 0.3) is 0 Å². The zero-order valence-electron chi connectivity index (χ0n) is 13.1. The lowest BCUT2D eigenvalue weighted by molar-refractivity contribution is -0.139. The highest BCUT2D eigenvalue weighted by Crippen LogP contribution is 2.37. The molecule has 0 heterocycles. The van der Waals surface area contributed by atoms with Gasteiger partial charge in [0, 0.05) is 17.5 Å². The molecule has 21 heavy (non-hydrogen) atoms. The number of halogens is 3. The first-order valence-corrected chi connectivity index (χ1v) is 8.25. The van der Waals surface area contributed by atoms with Crippen LogP contribution in [-0.4, -0.2) is 11.8 Å². The summed E-state index contributed by atoms with van der Waals surface area (Å²) >= 11 is 1.29. The molecule has 1 rings (SSSR count). The monoisotopic (exact) mass is 319 g/mol. The first kappa shape index (κ1) is 18.4. The predicted octanol–water partition coefficient (Wildman–Crippen LogP) is 5.34. The lowest BCUT2D eigenvalue weighted by Gasteiger charge is -2.15. The first-order chi connectivity index (χ1) is 9.70. The molecule has 0 aliphatic carbocycles. The minimum absolute atomic E-state index is 0.249. The molecule has 0 bridgehead atoms. The van der Waals surface area contributed by atoms with E-state index in [1.165, 1.54) is 17.8 Å². The van der Waals surface area contributed by atoms with E-state index < -0.39 is 11.7 Å². The van der Waals surface area contributed by atoms with Crippen LogP contribution in [0.1, 0.15) is 45.2 Å². The molecule has 0 aliphatic heterocycles. The summed E-state index contributed by atoms with van der Waals surface area (Å²) in [6, 6.07) is 4.90. The van der Waals surface area contributed by atoms with Crippen molar-refractivity contribution in [2.24, 2.45) is 5.92 Å². The van der Waals surface area contributed by atoms with Gasteiger partial charge in [-0.3, -0.25) is 0 Å². The van der Waals surface area contributed by atoms with Crippen molar-refractivity contribution in [3.63, 3.8) is 0 Å². The molecule has 0 aliphatic rings. The van der Waals surface area contributed by atoms with Crippen molar-refractivity contribution >= 4 is 11.8 Å². The maximum Gasteiger partial charge on any atom is 0.417 e. The zero-order valence-corrected chi connectivity index (χ0v) is 13.9. The standard InChI is InChI=1S/C16H24F3NS/c1-11(2)7-8-21-15-6-5-13(10-20-12(3)4)9-14(15)16(17,18)19/h5-6,9,11-12,20H,7-8,10H2,1-4H3. The molecule has 120 valence electrons. The Labute approximate surface area is 129 Å². The van der Waals surface area contributed by atoms with E-state index >= 15 is 0 Å². The average Bonchev–Trinajstić information content (AvgIpc) is 2.35. The van der Waals surface area contributed by atoms with Crippen LogP contribution in [0.4, 0.5) is 13.2 Å². The summed E-state index contributed by atoms with van der Waals surface area (Å²) in [5.74, 6) is 1.21. The van der Waals surface area contributed by atoms with Gasteiger partial charge in [-0.25, -0.2) is 0 Å². The van der Waals surface area contributed by atoms with Crippen LogP contribution in [0.25, 0.3) is 0 Å². The summed E-state index contributed by atoms with van der Waals surface area (Å²) in [6.45, 7) is 8.55. The van der Waals surface area contributed by atoms with Crippen molar-refractivity contribution in [2.75, 3.05) is 5.75 Å². The fourth-order valence-corrected chi connectivity index (χ4v) is 3.06. The molecule has 5 heteroatoms. The van der Waals surface area contributed by atoms with E-state index in [1.54, 1.807) is 12.1 Å². The van der Waals surface area contributed by atoms with Crippen LogP contribution in [0.15, 0.2) is 23.1 Å². The van der Waals surface area contributed by atoms with E-state index in [-0.39, 0.29) is 6.04 Å². The van der Waals surface area contributed by atoms with Crippen molar-refractivity contribution in [1.82, 2.24) is 5.32 Å². The van der Waals surface area contributed by atoms with E-state index in [0.29, 0.717) is 28.7 Å². The molecule has 0 saturated carbocycles. The summed E-state index contributed by atoms with van der Waals surface area (Å²) in [4.78, 5) is 0.330. The fourth-order valence-electron chi connectivity index (χ4n) is 1.76. The van der Waals surface area contributed by atoms with E-state index in [9.17, 15) is 13.2 Å². The Morgan fingerprint density at radius 1 is 1.14 bits per heavy atom. The summed E-state index contributed by atoms with van der Waals surface area (Å²) < 4.78 is 39.5. The van der Waals surface area contributed by atoms with E-state index in [0.717, 1.165) is 6.42 Å². The second kappa shape index (κ2) is 8.08. The van der Waals surface area contributed by atoms with E-state index in [2.05, 4.69) is 19.2 Å². The maximum absolute atomic E-state index is 13.2. The smallest absolute Gasteiger partial charge is 0.310 e. The van der Waals surface area contributed by atoms with Gasteiger partial charge < -0.3 is 5.32 Å². The number of benzene rings is 1. The second-order valence-electron chi connectivity index (χ2n) is 5.89. The minimum Gasteiger partial charge on any atom is -0.310 e. The van der Waals surface area contributed by atoms with Crippen LogP contribution in [0.2, 0.25) is 0 Å². The molecule has 1 aromatic rings. The van der Waals surface area contributed by atoms with Crippen LogP contribution in [0.5, 0.6) is 0 Å². The van der Waals surface area contributed by atoms with Gasteiger partial charge in [0.2, 0.25) is 0 Å². The number of rotatable bonds is 7. The van der Waals surface area contributed by atoms with Crippen LogP contribution in [-0.2, 0) is 12.7 Å². The average molecular weight is 319 g/mol. The minimum atomic E-state index is -4.30. The van der Waals surface area contributed by atoms with E-state index in [1.807, 2.05) is 13.8 Å². The Morgan fingerprint density at radius 2 is 1.81 bits per heavy atom. The summed E-state index contributed by atoms with van der Waals surface area (Å²) in [5, 5.41) is 3.14. The predicted molar refractivity (Wildman–Crippen MR) is 83.6 cm³/mol. The number of alkyl halides is 3. The first-order valence-electron chi connectivity index (χ1n) is 7.26. The van der Waals surface area contributed by atoms with Gasteiger partial charge in [0.05, 0.1) is 5.56 Å². The van der Waals surface area contributed by atoms with Gasteiger partial charge in [0.15, 0.2) is 0 Å². The quantitative estimate of drug-likeness (QED) is 0.681. The third-order valence-electron chi connectivity index (χ3n) is 3.02. The molecule has 1 N–H and O–H groups in total. The highest BCUT2D eigenvalue weighted by Gasteiger charge is 2.33. The molecule has 0 aromatic heterocycles. The Morgan fingerprint density at radius 3 is 2.33 bits per heavy atom. The van der Waals surface area contributed by atoms with Crippen LogP contribution >= 0.6 is 11.8 Å². The van der Waals surface area contributed by atoms with Gasteiger partial charge >= 0.3 is 6.18 Å². The Balaban J connectivity index is 2.87. The van der Waals surface area contributed by atoms with Gasteiger partial charge in [-0.2, -0.15) is 13.2 Å². The van der Waals surface area contributed by atoms with Gasteiger partial charge in [0.1, 0.15) is 0 Å². The van der Waals surface area contributed by atoms with Crippen molar-refractivity contribution < 1.29 is 13.2 Å². The molecule has 0 saturated heterocycles. The fraction of sp³-hybridized carbons (Fsp3) is 0.625. The molecular weight excluding hydrogens is 295 g/mol. The third kappa shape index (κ3) is 6.74. The largest absolute Gasteiger partial charge is 0.417 e. The van der Waals surface area contributed by atoms with E-state index in [4.69, 9.17) is 0 Å². The van der Waals surface area contributed by atoms with Gasteiger partial charge in [-0.05, 0) is 35.8 Å². The molecule has 0 unspecified atom stereocenters. The lowest BCUT2D eigenvalue weighted by Crippen LogP contribution is -2.22. The molecule has 0 amide bonds. The van der Waals surface area contributed by atoms with Crippen molar-refractivity contribution in [3.8, 4) is 0 Å². The molecule has 1 aromatic carbocycles. The normalized spacial score (nSPS) is 12.4. The topological polar surface area (TPSA) is 12.0 Å². The van der Waals surface area contributed by atoms with Crippen LogP contribution < -0.4 is 5.32 Å². The Kier molecular flexibility index (Phi) is 7.07. The lowest BCUT2D eigenvalue weighted by atomic mass is 10.1. The van der Waals surface area contributed by atoms with Gasteiger partial charge in [-0.15, -0.1) is 11.8 Å². The van der Waals surface area contributed by atoms with Crippen molar-refractivity contribution in [1.29, 1.82) is 0 Å². The zero-order chi connectivity index (χ0) is 16.0. The van der Waals surface area contributed by atoms with Crippen molar-refractivity contribution in [2.45, 2.75) is 57.8 Å². The molecule has 0 atom stereocenters. The number of thioether (sulfide) groups is 1. The molecule has 0 radical (unpaired) electrons. The molecule has 0 spiro atoms. The summed E-state index contributed by atoms with van der Waals surface area (Å²) in [7, 11) is 0. The van der Waals surface area contributed by atoms with Crippen LogP contribution in [0, 0.1) is 5.92 Å². The highest BCUT2D eigenvalue weighted by molar-refractivity contribution is 7.99. The third-order valence-corrected chi connectivity index (χ3v) is 4.12. The second-order valence-corrected chi connectivity index (χ2v) is 7.03. The number of hydrogen-bond donors (Lipinski definition) is 1. The molecular formula is C16H24F3NS. The summed E-state index contributed by atoms with van der Waals surface area (Å²) in [6.07, 6.45) is -3.38. The van der Waals surface area contributed by atoms with Gasteiger partial charge in [-0.1, -0.05) is 33.8 Å². The molecule has 0 fully saturated rings. The molecule has 1 nitrogen and oxygen atoms in total. The van der Waals surface area contributed by atoms with Crippen molar-refractivity contribution in [3.05, 3.63) is 29.3 Å². The number of hydrogen-bond acceptors (Lipinski definition) is 2. The Hall–Kier alpha value is -0.680. The summed E-state index contributed by atoms with van der Waals surface area (Å²) in [5.41, 5.74) is 0.156.